The Morgan fingerprint density at radius 2 is 2.14 bits per heavy atom. The van der Waals surface area contributed by atoms with Crippen LogP contribution in [0.2, 0.25) is 0 Å². The van der Waals surface area contributed by atoms with E-state index >= 15 is 0 Å². The van der Waals surface area contributed by atoms with Crippen LogP contribution in [-0.2, 0) is 11.3 Å². The third kappa shape index (κ3) is 5.53. The van der Waals surface area contributed by atoms with Gasteiger partial charge in [-0.25, -0.2) is 0 Å². The second kappa shape index (κ2) is 9.49. The highest BCUT2D eigenvalue weighted by Crippen LogP contribution is 2.14. The Kier molecular flexibility index (Phi) is 7.04. The third-order valence-electron chi connectivity index (χ3n) is 5.05. The van der Waals surface area contributed by atoms with Crippen LogP contribution in [0.25, 0.3) is 10.9 Å². The van der Waals surface area contributed by atoms with E-state index in [1.807, 2.05) is 39.2 Å². The van der Waals surface area contributed by atoms with E-state index in [-0.39, 0.29) is 11.7 Å². The van der Waals surface area contributed by atoms with Crippen LogP contribution in [0.3, 0.4) is 0 Å². The lowest BCUT2D eigenvalue weighted by Gasteiger charge is -2.28. The molecule has 1 atom stereocenters. The van der Waals surface area contributed by atoms with Gasteiger partial charge in [0.1, 0.15) is 0 Å². The van der Waals surface area contributed by atoms with Crippen molar-refractivity contribution in [3.8, 4) is 0 Å². The average Bonchev–Trinajstić information content (AvgIpc) is 3.17. The van der Waals surface area contributed by atoms with Gasteiger partial charge in [-0.2, -0.15) is 0 Å². The van der Waals surface area contributed by atoms with Crippen molar-refractivity contribution in [3.63, 3.8) is 0 Å². The highest BCUT2D eigenvalue weighted by atomic mass is 32.1. The van der Waals surface area contributed by atoms with Crippen molar-refractivity contribution in [2.24, 2.45) is 0 Å². The van der Waals surface area contributed by atoms with Crippen LogP contribution in [0.15, 0.2) is 29.1 Å². The number of pyridine rings is 1. The van der Waals surface area contributed by atoms with Gasteiger partial charge in [-0.15, -0.1) is 0 Å². The van der Waals surface area contributed by atoms with Crippen molar-refractivity contribution in [1.82, 2.24) is 20.1 Å². The molecule has 28 heavy (non-hydrogen) atoms. The predicted molar refractivity (Wildman–Crippen MR) is 118 cm³/mol. The molecular weight excluding hydrogens is 372 g/mol. The van der Waals surface area contributed by atoms with Crippen molar-refractivity contribution < 1.29 is 4.74 Å². The number of rotatable bonds is 7. The molecule has 0 radical (unpaired) electrons. The van der Waals surface area contributed by atoms with Crippen molar-refractivity contribution >= 4 is 28.2 Å². The first-order chi connectivity index (χ1) is 13.4. The largest absolute Gasteiger partial charge is 0.376 e. The van der Waals surface area contributed by atoms with Gasteiger partial charge in [-0.1, -0.05) is 12.1 Å². The SMILES string of the molecule is Cc1ccc2cc(CN(CCN(C)C)C(=S)NC[C@@H]3CCCO3)c(=O)[nH]c2c1. The molecule has 152 valence electrons. The lowest BCUT2D eigenvalue weighted by molar-refractivity contribution is 0.113. The molecule has 1 aliphatic rings. The quantitative estimate of drug-likeness (QED) is 0.693. The van der Waals surface area contributed by atoms with E-state index in [1.54, 1.807) is 0 Å². The van der Waals surface area contributed by atoms with Gasteiger partial charge in [0.25, 0.3) is 5.56 Å². The van der Waals surface area contributed by atoms with Crippen molar-refractivity contribution in [2.75, 3.05) is 40.3 Å². The number of aryl methyl sites for hydroxylation is 1. The number of H-pyrrole nitrogens is 1. The number of ether oxygens (including phenoxy) is 1. The maximum absolute atomic E-state index is 12.6. The molecule has 0 amide bonds. The van der Waals surface area contributed by atoms with Crippen LogP contribution >= 0.6 is 12.2 Å². The Morgan fingerprint density at radius 3 is 2.86 bits per heavy atom. The van der Waals surface area contributed by atoms with Gasteiger partial charge in [0.05, 0.1) is 12.6 Å². The molecule has 1 fully saturated rings. The molecule has 1 aromatic heterocycles. The van der Waals surface area contributed by atoms with Crippen LogP contribution in [0.5, 0.6) is 0 Å². The normalized spacial score (nSPS) is 16.6. The fraction of sp³-hybridized carbons (Fsp3) is 0.524. The summed E-state index contributed by atoms with van der Waals surface area (Å²) in [5.74, 6) is 0. The predicted octanol–water partition coefficient (Wildman–Crippen LogP) is 2.25. The number of hydrogen-bond donors (Lipinski definition) is 2. The summed E-state index contributed by atoms with van der Waals surface area (Å²) >= 11 is 5.65. The maximum atomic E-state index is 12.6. The first-order valence-electron chi connectivity index (χ1n) is 9.84. The molecule has 0 spiro atoms. The minimum atomic E-state index is -0.0603. The Balaban J connectivity index is 1.75. The van der Waals surface area contributed by atoms with Crippen LogP contribution in [0.4, 0.5) is 0 Å². The topological polar surface area (TPSA) is 60.6 Å². The second-order valence-electron chi connectivity index (χ2n) is 7.76. The molecule has 0 bridgehead atoms. The van der Waals surface area contributed by atoms with Gasteiger partial charge < -0.3 is 24.8 Å². The Morgan fingerprint density at radius 1 is 1.32 bits per heavy atom. The first kappa shape index (κ1) is 20.8. The number of fused-ring (bicyclic) bond motifs is 1. The lowest BCUT2D eigenvalue weighted by Crippen LogP contribution is -2.45. The zero-order chi connectivity index (χ0) is 20.1. The molecule has 1 aliphatic heterocycles. The molecule has 1 aromatic carbocycles. The van der Waals surface area contributed by atoms with Gasteiger partial charge in [0.15, 0.2) is 5.11 Å². The van der Waals surface area contributed by atoms with E-state index < -0.39 is 0 Å². The van der Waals surface area contributed by atoms with Gasteiger partial charge in [0.2, 0.25) is 0 Å². The summed E-state index contributed by atoms with van der Waals surface area (Å²) in [7, 11) is 4.07. The second-order valence-corrected chi connectivity index (χ2v) is 8.15. The molecule has 1 saturated heterocycles. The lowest BCUT2D eigenvalue weighted by atomic mass is 10.1. The molecule has 6 nitrogen and oxygen atoms in total. The van der Waals surface area contributed by atoms with Gasteiger partial charge in [-0.05, 0) is 69.2 Å². The molecule has 3 rings (SSSR count). The summed E-state index contributed by atoms with van der Waals surface area (Å²) in [5.41, 5.74) is 2.65. The van der Waals surface area contributed by atoms with E-state index in [4.69, 9.17) is 17.0 Å². The summed E-state index contributed by atoms with van der Waals surface area (Å²) in [4.78, 5) is 19.8. The van der Waals surface area contributed by atoms with Crippen molar-refractivity contribution in [3.05, 3.63) is 45.7 Å². The van der Waals surface area contributed by atoms with Crippen LogP contribution < -0.4 is 10.9 Å². The summed E-state index contributed by atoms with van der Waals surface area (Å²) in [6.07, 6.45) is 2.40. The minimum absolute atomic E-state index is 0.0603. The van der Waals surface area contributed by atoms with Crippen LogP contribution in [0.1, 0.15) is 24.0 Å². The molecule has 2 heterocycles. The fourth-order valence-electron chi connectivity index (χ4n) is 3.37. The summed E-state index contributed by atoms with van der Waals surface area (Å²) in [6, 6.07) is 8.07. The number of thiocarbonyl (C=S) groups is 1. The molecule has 2 N–H and O–H groups in total. The summed E-state index contributed by atoms with van der Waals surface area (Å²) in [5, 5.41) is 5.04. The Hall–Kier alpha value is -1.96. The van der Waals surface area contributed by atoms with E-state index in [0.29, 0.717) is 18.2 Å². The number of aromatic amines is 1. The Labute approximate surface area is 171 Å². The summed E-state index contributed by atoms with van der Waals surface area (Å²) in [6.45, 7) is 5.64. The zero-order valence-electron chi connectivity index (χ0n) is 17.0. The number of hydrogen-bond acceptors (Lipinski definition) is 4. The summed E-state index contributed by atoms with van der Waals surface area (Å²) < 4.78 is 5.67. The number of likely N-dealkylation sites (N-methyl/N-ethyl adjacent to an activating group) is 1. The monoisotopic (exact) mass is 402 g/mol. The maximum Gasteiger partial charge on any atom is 0.253 e. The van der Waals surface area contributed by atoms with Gasteiger partial charge in [-0.3, -0.25) is 4.79 Å². The average molecular weight is 403 g/mol. The molecule has 0 unspecified atom stereocenters. The van der Waals surface area contributed by atoms with E-state index in [9.17, 15) is 4.79 Å². The van der Waals surface area contributed by atoms with E-state index in [0.717, 1.165) is 54.6 Å². The van der Waals surface area contributed by atoms with E-state index in [1.165, 1.54) is 0 Å². The standard InChI is InChI=1S/C21H30N4O2S/c1-15-6-7-16-12-17(20(26)23-19(16)11-15)14-25(9-8-24(2)3)21(28)22-13-18-5-4-10-27-18/h6-7,11-12,18H,4-5,8-10,13-14H2,1-3H3,(H,22,28)(H,23,26)/t18-/m0/s1. The molecule has 0 aliphatic carbocycles. The van der Waals surface area contributed by atoms with Crippen molar-refractivity contribution in [2.45, 2.75) is 32.4 Å². The zero-order valence-corrected chi connectivity index (χ0v) is 17.8. The number of nitrogens with one attached hydrogen (secondary N) is 2. The number of aromatic nitrogens is 1. The highest BCUT2D eigenvalue weighted by molar-refractivity contribution is 7.80. The molecule has 2 aromatic rings. The van der Waals surface area contributed by atoms with Gasteiger partial charge >= 0.3 is 0 Å². The number of nitrogens with zero attached hydrogens (tertiary/aromatic N) is 2. The van der Waals surface area contributed by atoms with E-state index in [2.05, 4.69) is 26.2 Å². The smallest absolute Gasteiger partial charge is 0.253 e. The number of benzene rings is 1. The Bertz CT molecular complexity index is 874. The molecular formula is C21H30N4O2S. The third-order valence-corrected chi connectivity index (χ3v) is 5.45. The highest BCUT2D eigenvalue weighted by Gasteiger charge is 2.18. The molecule has 0 saturated carbocycles. The molecule has 7 heteroatoms. The minimum Gasteiger partial charge on any atom is -0.376 e. The fourth-order valence-corrected chi connectivity index (χ4v) is 3.61. The van der Waals surface area contributed by atoms with Crippen LogP contribution in [-0.4, -0.2) is 66.3 Å². The van der Waals surface area contributed by atoms with Gasteiger partial charge in [0, 0.05) is 37.3 Å². The first-order valence-corrected chi connectivity index (χ1v) is 10.2. The van der Waals surface area contributed by atoms with Crippen molar-refractivity contribution in [1.29, 1.82) is 0 Å². The van der Waals surface area contributed by atoms with Crippen LogP contribution in [0, 0.1) is 6.92 Å².